The third-order valence-corrected chi connectivity index (χ3v) is 8.59. The quantitative estimate of drug-likeness (QED) is 0.565. The van der Waals surface area contributed by atoms with Crippen LogP contribution in [-0.4, -0.2) is 57.7 Å². The van der Waals surface area contributed by atoms with Gasteiger partial charge in [0.15, 0.2) is 4.93 Å². The Morgan fingerprint density at radius 3 is 2.59 bits per heavy atom. The van der Waals surface area contributed by atoms with Crippen molar-refractivity contribution in [2.75, 3.05) is 13.7 Å². The molecule has 29 heavy (non-hydrogen) atoms. The van der Waals surface area contributed by atoms with Crippen LogP contribution in [0.1, 0.15) is 33.4 Å². The van der Waals surface area contributed by atoms with E-state index in [2.05, 4.69) is 19.1 Å². The number of ether oxygens (including phenoxy) is 2. The maximum absolute atomic E-state index is 10.8. The van der Waals surface area contributed by atoms with Crippen LogP contribution in [0.3, 0.4) is 0 Å². The van der Waals surface area contributed by atoms with E-state index in [-0.39, 0.29) is 13.2 Å². The molecule has 3 heterocycles. The highest BCUT2D eigenvalue weighted by Gasteiger charge is 2.57. The lowest BCUT2D eigenvalue weighted by Gasteiger charge is -2.45. The number of aryl methyl sites for hydroxylation is 1. The second-order valence-corrected chi connectivity index (χ2v) is 10.1. The van der Waals surface area contributed by atoms with Crippen molar-refractivity contribution in [2.45, 2.75) is 54.9 Å². The Labute approximate surface area is 178 Å². The lowest BCUT2D eigenvalue weighted by atomic mass is 9.91. The van der Waals surface area contributed by atoms with Gasteiger partial charge in [0, 0.05) is 21.7 Å². The van der Waals surface area contributed by atoms with Crippen LogP contribution >= 0.6 is 23.1 Å². The molecule has 158 valence electrons. The molecule has 2 aliphatic rings. The number of methoxy groups -OCH3 is 1. The second-order valence-electron chi connectivity index (χ2n) is 7.44. The second kappa shape index (κ2) is 8.19. The van der Waals surface area contributed by atoms with E-state index in [0.29, 0.717) is 6.42 Å². The summed E-state index contributed by atoms with van der Waals surface area (Å²) in [4.78, 5) is 1.31. The van der Waals surface area contributed by atoms with Crippen molar-refractivity contribution >= 4 is 23.1 Å². The molecule has 0 bridgehead atoms. The van der Waals surface area contributed by atoms with E-state index in [0.717, 1.165) is 28.9 Å². The normalized spacial score (nSPS) is 31.2. The van der Waals surface area contributed by atoms with Gasteiger partial charge in [-0.3, -0.25) is 0 Å². The Morgan fingerprint density at radius 1 is 1.17 bits per heavy atom. The van der Waals surface area contributed by atoms with Crippen molar-refractivity contribution < 1.29 is 29.9 Å². The topological polar surface area (TPSA) is 99.4 Å². The van der Waals surface area contributed by atoms with Gasteiger partial charge in [-0.2, -0.15) is 0 Å². The van der Waals surface area contributed by atoms with Crippen LogP contribution in [0.5, 0.6) is 5.75 Å². The van der Waals surface area contributed by atoms with E-state index >= 15 is 0 Å². The minimum atomic E-state index is -1.41. The lowest BCUT2D eigenvalue weighted by Crippen LogP contribution is -2.58. The molecule has 5 atom stereocenters. The highest BCUT2D eigenvalue weighted by molar-refractivity contribution is 8.00. The number of thioether (sulfide) groups is 1. The van der Waals surface area contributed by atoms with Gasteiger partial charge in [-0.05, 0) is 41.8 Å². The molecule has 1 spiro atoms. The first kappa shape index (κ1) is 21.1. The Bertz CT molecular complexity index is 882. The average molecular weight is 439 g/mol. The van der Waals surface area contributed by atoms with Crippen molar-refractivity contribution in [3.05, 3.63) is 50.7 Å². The molecule has 1 aromatic heterocycles. The van der Waals surface area contributed by atoms with E-state index in [1.807, 2.05) is 12.1 Å². The van der Waals surface area contributed by atoms with Crippen LogP contribution in [0.25, 0.3) is 0 Å². The lowest BCUT2D eigenvalue weighted by molar-refractivity contribution is -0.147. The monoisotopic (exact) mass is 438 g/mol. The van der Waals surface area contributed by atoms with Crippen LogP contribution in [0, 0.1) is 0 Å². The summed E-state index contributed by atoms with van der Waals surface area (Å²) in [6, 6.07) is 8.15. The van der Waals surface area contributed by atoms with Crippen molar-refractivity contribution in [1.29, 1.82) is 0 Å². The van der Waals surface area contributed by atoms with Crippen LogP contribution < -0.4 is 4.74 Å². The molecular weight excluding hydrogens is 412 g/mol. The summed E-state index contributed by atoms with van der Waals surface area (Å²) in [5.74, 6) is 0.755. The van der Waals surface area contributed by atoms with Crippen LogP contribution in [0.4, 0.5) is 0 Å². The maximum Gasteiger partial charge on any atom is 0.168 e. The molecule has 2 unspecified atom stereocenters. The molecule has 0 saturated carbocycles. The molecule has 2 aromatic rings. The Morgan fingerprint density at radius 2 is 1.93 bits per heavy atom. The fourth-order valence-electron chi connectivity index (χ4n) is 4.08. The molecular formula is C21H26O6S2. The molecule has 1 saturated heterocycles. The predicted octanol–water partition coefficient (Wildman–Crippen LogP) is 1.78. The number of fused-ring (bicyclic) bond motifs is 2. The van der Waals surface area contributed by atoms with Crippen LogP contribution in [-0.2, 0) is 29.1 Å². The zero-order valence-electron chi connectivity index (χ0n) is 16.4. The van der Waals surface area contributed by atoms with Crippen molar-refractivity contribution in [3.63, 3.8) is 0 Å². The number of aliphatic hydroxyl groups is 4. The van der Waals surface area contributed by atoms with Crippen LogP contribution in [0.2, 0.25) is 0 Å². The fraction of sp³-hybridized carbons (Fsp3) is 0.524. The molecule has 4 rings (SSSR count). The third kappa shape index (κ3) is 3.50. The summed E-state index contributed by atoms with van der Waals surface area (Å²) in [6.07, 6.45) is -2.27. The first-order chi connectivity index (χ1) is 13.9. The van der Waals surface area contributed by atoms with E-state index < -0.39 is 28.5 Å². The Balaban J connectivity index is 1.75. The van der Waals surface area contributed by atoms with Crippen molar-refractivity contribution in [3.8, 4) is 5.75 Å². The molecule has 1 aromatic carbocycles. The molecule has 6 nitrogen and oxygen atoms in total. The number of rotatable bonds is 5. The van der Waals surface area contributed by atoms with Gasteiger partial charge in [-0.1, -0.05) is 6.92 Å². The predicted molar refractivity (Wildman–Crippen MR) is 112 cm³/mol. The summed E-state index contributed by atoms with van der Waals surface area (Å²) < 4.78 is 11.6. The first-order valence-corrected chi connectivity index (χ1v) is 11.4. The largest absolute Gasteiger partial charge is 0.496 e. The molecule has 2 aliphatic heterocycles. The van der Waals surface area contributed by atoms with E-state index in [1.54, 1.807) is 18.4 Å². The van der Waals surface area contributed by atoms with E-state index in [4.69, 9.17) is 9.47 Å². The van der Waals surface area contributed by atoms with Crippen molar-refractivity contribution in [2.24, 2.45) is 0 Å². The summed E-state index contributed by atoms with van der Waals surface area (Å²) >= 11 is 2.93. The van der Waals surface area contributed by atoms with Gasteiger partial charge < -0.3 is 29.9 Å². The molecule has 0 amide bonds. The SMILES string of the molecule is CCc1ccc(Cc2cc3c(cc2OC)CO[C@]32SC(CO)[C@@H](O)C(O)[C@H]2O)s1. The summed E-state index contributed by atoms with van der Waals surface area (Å²) in [7, 11) is 1.63. The highest BCUT2D eigenvalue weighted by atomic mass is 32.2. The zero-order chi connectivity index (χ0) is 20.8. The first-order valence-electron chi connectivity index (χ1n) is 9.68. The standard InChI is InChI=1S/C21H26O6S2/c1-3-13-4-5-14(28-13)6-11-7-15-12(8-16(11)26-2)10-27-21(15)20(25)19(24)18(23)17(9-22)29-21/h4-5,7-8,17-20,22-25H,3,6,9-10H2,1-2H3/t17?,18-,19?,20-,21+/m1/s1. The number of benzene rings is 1. The maximum atomic E-state index is 10.8. The molecule has 8 heteroatoms. The molecule has 0 radical (unpaired) electrons. The Kier molecular flexibility index (Phi) is 5.96. The van der Waals surface area contributed by atoms with Crippen LogP contribution in [0.15, 0.2) is 24.3 Å². The number of thiophene rings is 1. The minimum absolute atomic E-state index is 0.260. The van der Waals surface area contributed by atoms with Gasteiger partial charge in [-0.25, -0.2) is 0 Å². The molecule has 1 fully saturated rings. The van der Waals surface area contributed by atoms with E-state index in [9.17, 15) is 20.4 Å². The highest BCUT2D eigenvalue weighted by Crippen LogP contribution is 2.55. The number of hydrogen-bond donors (Lipinski definition) is 4. The fourth-order valence-corrected chi connectivity index (χ4v) is 6.61. The summed E-state index contributed by atoms with van der Waals surface area (Å²) in [5, 5.41) is 40.4. The summed E-state index contributed by atoms with van der Waals surface area (Å²) in [6.45, 7) is 2.07. The third-order valence-electron chi connectivity index (χ3n) is 5.70. The number of aliphatic hydroxyl groups excluding tert-OH is 4. The van der Waals surface area contributed by atoms with Gasteiger partial charge in [0.05, 0.1) is 31.7 Å². The zero-order valence-corrected chi connectivity index (χ0v) is 18.0. The van der Waals surface area contributed by atoms with Gasteiger partial charge in [0.2, 0.25) is 0 Å². The van der Waals surface area contributed by atoms with Gasteiger partial charge in [0.1, 0.15) is 18.0 Å². The molecule has 4 N–H and O–H groups in total. The number of hydrogen-bond acceptors (Lipinski definition) is 8. The van der Waals surface area contributed by atoms with E-state index in [1.165, 1.54) is 21.5 Å². The minimum Gasteiger partial charge on any atom is -0.496 e. The molecule has 0 aliphatic carbocycles. The Hall–Kier alpha value is -1.13. The summed E-state index contributed by atoms with van der Waals surface area (Å²) in [5.41, 5.74) is 2.61. The van der Waals surface area contributed by atoms with Gasteiger partial charge in [-0.15, -0.1) is 23.1 Å². The average Bonchev–Trinajstić information content (AvgIpc) is 3.33. The smallest absolute Gasteiger partial charge is 0.168 e. The van der Waals surface area contributed by atoms with Gasteiger partial charge >= 0.3 is 0 Å². The van der Waals surface area contributed by atoms with Gasteiger partial charge in [0.25, 0.3) is 0 Å². The van der Waals surface area contributed by atoms with Crippen molar-refractivity contribution in [1.82, 2.24) is 0 Å².